The molecule has 0 heterocycles. The zero-order valence-electron chi connectivity index (χ0n) is 27.5. The number of rotatable bonds is 12. The van der Waals surface area contributed by atoms with Crippen LogP contribution in [0, 0.1) is 11.8 Å². The van der Waals surface area contributed by atoms with E-state index in [9.17, 15) is 9.59 Å². The molecule has 1 aromatic rings. The number of hydrogen-bond acceptors (Lipinski definition) is 5. The average Bonchev–Trinajstić information content (AvgIpc) is 2.85. The zero-order valence-corrected chi connectivity index (χ0v) is 28.5. The molecule has 2 atom stereocenters. The third-order valence-electron chi connectivity index (χ3n) is 8.16. The number of amides is 2. The highest BCUT2D eigenvalue weighted by molar-refractivity contribution is 6.74. The maximum Gasteiger partial charge on any atom is 0.410 e. The molecular weight excluding hydrogens is 532 g/mol. The first kappa shape index (κ1) is 35.1. The second-order valence-electron chi connectivity index (χ2n) is 14.7. The first-order valence-corrected chi connectivity index (χ1v) is 18.5. The standard InChI is InChI=1S/C33H58N2O5Si/c1-25(2)22-35(31(37)38-24-27-19-15-12-16-20-27)23-29(40-41(9,10)33(6,7)8)28(21-26-17-13-11-14-18-26)34-30(36)39-32(3,4)5/h12,15-16,19-20,25-26,28-29H,11,13-14,17-18,21-24H2,1-10H3,(H,34,36)/t28-,29+/m0/s1. The van der Waals surface area contributed by atoms with Gasteiger partial charge in [0.2, 0.25) is 0 Å². The molecule has 0 spiro atoms. The summed E-state index contributed by atoms with van der Waals surface area (Å²) in [6, 6.07) is 9.44. The summed E-state index contributed by atoms with van der Waals surface area (Å²) in [6.45, 7) is 22.0. The number of carbonyl (C=O) groups is 2. The Hall–Kier alpha value is -2.06. The Balaban J connectivity index is 2.40. The molecule has 1 fully saturated rings. The van der Waals surface area contributed by atoms with E-state index in [0.717, 1.165) is 24.8 Å². The summed E-state index contributed by atoms with van der Waals surface area (Å²) >= 11 is 0. The number of nitrogens with one attached hydrogen (secondary N) is 1. The quantitative estimate of drug-likeness (QED) is 0.247. The highest BCUT2D eigenvalue weighted by atomic mass is 28.4. The minimum absolute atomic E-state index is 0.0384. The van der Waals surface area contributed by atoms with Crippen LogP contribution in [0.2, 0.25) is 18.1 Å². The lowest BCUT2D eigenvalue weighted by Gasteiger charge is -2.43. The molecule has 234 valence electrons. The summed E-state index contributed by atoms with van der Waals surface area (Å²) in [7, 11) is -2.28. The van der Waals surface area contributed by atoms with Gasteiger partial charge >= 0.3 is 12.2 Å². The minimum atomic E-state index is -2.28. The fraction of sp³-hybridized carbons (Fsp3) is 0.758. The largest absolute Gasteiger partial charge is 0.445 e. The molecule has 0 unspecified atom stereocenters. The molecule has 0 bridgehead atoms. The van der Waals surface area contributed by atoms with E-state index in [1.807, 2.05) is 51.1 Å². The average molecular weight is 591 g/mol. The minimum Gasteiger partial charge on any atom is -0.445 e. The second kappa shape index (κ2) is 15.4. The Morgan fingerprint density at radius 1 is 0.976 bits per heavy atom. The summed E-state index contributed by atoms with van der Waals surface area (Å²) in [6.07, 6.45) is 5.58. The molecule has 1 N–H and O–H groups in total. The van der Waals surface area contributed by atoms with Crippen molar-refractivity contribution in [2.45, 2.75) is 136 Å². The van der Waals surface area contributed by atoms with Gasteiger partial charge in [-0.05, 0) is 62.7 Å². The van der Waals surface area contributed by atoms with E-state index in [1.54, 1.807) is 4.90 Å². The van der Waals surface area contributed by atoms with Gasteiger partial charge in [0.1, 0.15) is 12.2 Å². The summed E-state index contributed by atoms with van der Waals surface area (Å²) < 4.78 is 18.6. The summed E-state index contributed by atoms with van der Waals surface area (Å²) in [5, 5.41) is 3.17. The number of hydrogen-bond donors (Lipinski definition) is 1. The van der Waals surface area contributed by atoms with E-state index < -0.39 is 26.1 Å². The van der Waals surface area contributed by atoms with E-state index in [-0.39, 0.29) is 29.7 Å². The van der Waals surface area contributed by atoms with Gasteiger partial charge in [-0.3, -0.25) is 0 Å². The van der Waals surface area contributed by atoms with E-state index in [4.69, 9.17) is 13.9 Å². The van der Waals surface area contributed by atoms with Crippen LogP contribution in [0.4, 0.5) is 9.59 Å². The smallest absolute Gasteiger partial charge is 0.410 e. The normalized spacial score (nSPS) is 16.7. The van der Waals surface area contributed by atoms with Crippen molar-refractivity contribution >= 4 is 20.5 Å². The number of benzene rings is 1. The number of carbonyl (C=O) groups excluding carboxylic acids is 2. The fourth-order valence-electron chi connectivity index (χ4n) is 5.04. The zero-order chi connectivity index (χ0) is 30.8. The lowest BCUT2D eigenvalue weighted by Crippen LogP contribution is -2.57. The van der Waals surface area contributed by atoms with E-state index in [0.29, 0.717) is 19.0 Å². The van der Waals surface area contributed by atoms with Gasteiger partial charge in [0.15, 0.2) is 8.32 Å². The Kier molecular flexibility index (Phi) is 13.2. The molecule has 41 heavy (non-hydrogen) atoms. The van der Waals surface area contributed by atoms with E-state index >= 15 is 0 Å². The highest BCUT2D eigenvalue weighted by Gasteiger charge is 2.42. The number of alkyl carbamates (subject to hydrolysis) is 1. The van der Waals surface area contributed by atoms with E-state index in [1.165, 1.54) is 19.3 Å². The van der Waals surface area contributed by atoms with Crippen molar-refractivity contribution in [1.29, 1.82) is 0 Å². The third kappa shape index (κ3) is 12.8. The lowest BCUT2D eigenvalue weighted by molar-refractivity contribution is 0.0309. The Labute approximate surface area is 251 Å². The predicted molar refractivity (Wildman–Crippen MR) is 169 cm³/mol. The van der Waals surface area contributed by atoms with Gasteiger partial charge in [-0.1, -0.05) is 97.1 Å². The third-order valence-corrected chi connectivity index (χ3v) is 12.7. The summed E-state index contributed by atoms with van der Waals surface area (Å²) in [5.41, 5.74) is 0.335. The van der Waals surface area contributed by atoms with Crippen LogP contribution in [-0.4, -0.2) is 56.2 Å². The van der Waals surface area contributed by atoms with Gasteiger partial charge in [0.05, 0.1) is 18.7 Å². The van der Waals surface area contributed by atoms with Crippen LogP contribution in [0.1, 0.15) is 99.5 Å². The second-order valence-corrected chi connectivity index (χ2v) is 19.5. The fourth-order valence-corrected chi connectivity index (χ4v) is 6.39. The van der Waals surface area contributed by atoms with Crippen molar-refractivity contribution in [2.75, 3.05) is 13.1 Å². The number of nitrogens with zero attached hydrogens (tertiary/aromatic N) is 1. The SMILES string of the molecule is CC(C)CN(C[C@@H](O[Si](C)(C)C(C)(C)C)[C@H](CC1CCCCC1)NC(=O)OC(C)(C)C)C(=O)OCc1ccccc1. The molecule has 2 amide bonds. The van der Waals surface area contributed by atoms with Crippen molar-refractivity contribution in [1.82, 2.24) is 10.2 Å². The highest BCUT2D eigenvalue weighted by Crippen LogP contribution is 2.38. The number of ether oxygens (including phenoxy) is 2. The van der Waals surface area contributed by atoms with Crippen molar-refractivity contribution in [3.8, 4) is 0 Å². The molecule has 0 saturated heterocycles. The molecule has 1 aliphatic rings. The Morgan fingerprint density at radius 2 is 1.59 bits per heavy atom. The molecule has 0 aromatic heterocycles. The van der Waals surface area contributed by atoms with Gasteiger partial charge < -0.3 is 24.1 Å². The lowest BCUT2D eigenvalue weighted by atomic mass is 9.83. The molecule has 1 aliphatic carbocycles. The van der Waals surface area contributed by atoms with Gasteiger partial charge in [0.25, 0.3) is 0 Å². The molecule has 2 rings (SSSR count). The molecule has 0 radical (unpaired) electrons. The maximum atomic E-state index is 13.5. The van der Waals surface area contributed by atoms with Crippen molar-refractivity contribution in [3.63, 3.8) is 0 Å². The maximum absolute atomic E-state index is 13.5. The monoisotopic (exact) mass is 590 g/mol. The van der Waals surface area contributed by atoms with Gasteiger partial charge in [-0.15, -0.1) is 0 Å². The van der Waals surface area contributed by atoms with Crippen LogP contribution >= 0.6 is 0 Å². The van der Waals surface area contributed by atoms with Crippen molar-refractivity contribution in [3.05, 3.63) is 35.9 Å². The molecule has 8 heteroatoms. The topological polar surface area (TPSA) is 77.1 Å². The van der Waals surface area contributed by atoms with Crippen LogP contribution in [0.15, 0.2) is 30.3 Å². The Bertz CT molecular complexity index is 933. The van der Waals surface area contributed by atoms with Crippen molar-refractivity contribution < 1.29 is 23.5 Å². The first-order valence-electron chi connectivity index (χ1n) is 15.6. The molecule has 1 saturated carbocycles. The van der Waals surface area contributed by atoms with Crippen LogP contribution < -0.4 is 5.32 Å². The first-order chi connectivity index (χ1) is 19.0. The van der Waals surface area contributed by atoms with Crippen molar-refractivity contribution in [2.24, 2.45) is 11.8 Å². The summed E-state index contributed by atoms with van der Waals surface area (Å²) in [5.74, 6) is 0.737. The van der Waals surface area contributed by atoms with Crippen LogP contribution in [0.25, 0.3) is 0 Å². The van der Waals surface area contributed by atoms with Crippen LogP contribution in [0.5, 0.6) is 0 Å². The van der Waals surface area contributed by atoms with Crippen LogP contribution in [-0.2, 0) is 20.5 Å². The van der Waals surface area contributed by atoms with Gasteiger partial charge in [0, 0.05) is 6.54 Å². The van der Waals surface area contributed by atoms with E-state index in [2.05, 4.69) is 53.0 Å². The van der Waals surface area contributed by atoms with Crippen LogP contribution in [0.3, 0.4) is 0 Å². The molecule has 0 aliphatic heterocycles. The molecule has 1 aromatic carbocycles. The Morgan fingerprint density at radius 3 is 2.12 bits per heavy atom. The van der Waals surface area contributed by atoms with Gasteiger partial charge in [-0.25, -0.2) is 9.59 Å². The molecule has 7 nitrogen and oxygen atoms in total. The predicted octanol–water partition coefficient (Wildman–Crippen LogP) is 8.54. The van der Waals surface area contributed by atoms with Gasteiger partial charge in [-0.2, -0.15) is 0 Å². The molecular formula is C33H58N2O5Si. The summed E-state index contributed by atoms with van der Waals surface area (Å²) in [4.78, 5) is 28.4.